The van der Waals surface area contributed by atoms with Crippen LogP contribution in [0.2, 0.25) is 0 Å². The summed E-state index contributed by atoms with van der Waals surface area (Å²) in [5.74, 6) is -0.384. The lowest BCUT2D eigenvalue weighted by Gasteiger charge is -2.13. The predicted octanol–water partition coefficient (Wildman–Crippen LogP) is 2.77. The number of carbonyl (C=O) groups excluding carboxylic acids is 2. The van der Waals surface area contributed by atoms with Gasteiger partial charge in [-0.3, -0.25) is 15.0 Å². The third-order valence-electron chi connectivity index (χ3n) is 3.42. The molecule has 0 bridgehead atoms. The fourth-order valence-corrected chi connectivity index (χ4v) is 2.06. The summed E-state index contributed by atoms with van der Waals surface area (Å²) >= 11 is 0. The van der Waals surface area contributed by atoms with E-state index >= 15 is 0 Å². The minimum Gasteiger partial charge on any atom is -0.378 e. The summed E-state index contributed by atoms with van der Waals surface area (Å²) in [5, 5.41) is 0. The monoisotopic (exact) mass is 323 g/mol. The van der Waals surface area contributed by atoms with Gasteiger partial charge in [-0.1, -0.05) is 30.3 Å². The summed E-state index contributed by atoms with van der Waals surface area (Å²) in [6.45, 7) is 1.72. The van der Waals surface area contributed by atoms with Crippen LogP contribution in [0.4, 0.5) is 5.69 Å². The van der Waals surface area contributed by atoms with Gasteiger partial charge in [0.25, 0.3) is 5.91 Å². The number of hydrogen-bond donors (Lipinski definition) is 2. The smallest absolute Gasteiger partial charge is 0.269 e. The van der Waals surface area contributed by atoms with Crippen LogP contribution in [0, 0.1) is 0 Å². The molecule has 2 aromatic carbocycles. The molecule has 0 aliphatic carbocycles. The first kappa shape index (κ1) is 17.3. The van der Waals surface area contributed by atoms with Crippen molar-refractivity contribution in [1.82, 2.24) is 10.9 Å². The molecule has 0 aliphatic heterocycles. The van der Waals surface area contributed by atoms with Gasteiger partial charge in [0, 0.05) is 42.7 Å². The number of carbonyl (C=O) groups is 2. The maximum absolute atomic E-state index is 12.1. The Hall–Kier alpha value is -3.08. The Labute approximate surface area is 142 Å². The van der Waals surface area contributed by atoms with Gasteiger partial charge in [0.2, 0.25) is 0 Å². The van der Waals surface area contributed by atoms with E-state index in [1.165, 1.54) is 6.08 Å². The van der Waals surface area contributed by atoms with Gasteiger partial charge in [-0.05, 0) is 31.2 Å². The molecule has 0 heterocycles. The standard InChI is InChI=1S/C19H21N3O2/c1-14(13-18(23)15-7-5-4-6-8-15)20-21-19(24)16-9-11-17(12-10-16)22(2)3/h4-13,20H,1-3H3,(H,21,24)/b14-13+. The Morgan fingerprint density at radius 3 is 2.08 bits per heavy atom. The van der Waals surface area contributed by atoms with E-state index in [0.717, 1.165) is 5.69 Å². The lowest BCUT2D eigenvalue weighted by atomic mass is 10.1. The molecule has 0 atom stereocenters. The summed E-state index contributed by atoms with van der Waals surface area (Å²) in [4.78, 5) is 26.1. The highest BCUT2D eigenvalue weighted by molar-refractivity contribution is 6.04. The fourth-order valence-electron chi connectivity index (χ4n) is 2.06. The SMILES string of the molecule is C/C(=C\C(=O)c1ccccc1)NNC(=O)c1ccc(N(C)C)cc1. The van der Waals surface area contributed by atoms with Gasteiger partial charge in [0.05, 0.1) is 0 Å². The number of nitrogens with one attached hydrogen (secondary N) is 2. The predicted molar refractivity (Wildman–Crippen MR) is 95.9 cm³/mol. The van der Waals surface area contributed by atoms with Crippen LogP contribution in [0.3, 0.4) is 0 Å². The number of anilines is 1. The van der Waals surface area contributed by atoms with Crippen molar-refractivity contribution < 1.29 is 9.59 Å². The van der Waals surface area contributed by atoms with Crippen molar-refractivity contribution in [2.75, 3.05) is 19.0 Å². The number of ketones is 1. The third-order valence-corrected chi connectivity index (χ3v) is 3.42. The average molecular weight is 323 g/mol. The molecule has 0 aromatic heterocycles. The van der Waals surface area contributed by atoms with Crippen LogP contribution in [-0.4, -0.2) is 25.8 Å². The molecule has 124 valence electrons. The van der Waals surface area contributed by atoms with Gasteiger partial charge in [0.15, 0.2) is 5.78 Å². The molecule has 0 radical (unpaired) electrons. The molecule has 1 amide bonds. The van der Waals surface area contributed by atoms with Gasteiger partial charge in [-0.2, -0.15) is 0 Å². The van der Waals surface area contributed by atoms with E-state index in [4.69, 9.17) is 0 Å². The highest BCUT2D eigenvalue weighted by Crippen LogP contribution is 2.12. The zero-order valence-corrected chi connectivity index (χ0v) is 14.0. The van der Waals surface area contributed by atoms with Crippen molar-refractivity contribution in [2.45, 2.75) is 6.92 Å². The average Bonchev–Trinajstić information content (AvgIpc) is 2.60. The van der Waals surface area contributed by atoms with E-state index in [9.17, 15) is 9.59 Å². The van der Waals surface area contributed by atoms with Crippen LogP contribution >= 0.6 is 0 Å². The lowest BCUT2D eigenvalue weighted by molar-refractivity contribution is 0.0936. The van der Waals surface area contributed by atoms with Crippen LogP contribution in [-0.2, 0) is 0 Å². The van der Waals surface area contributed by atoms with E-state index in [1.54, 1.807) is 31.2 Å². The van der Waals surface area contributed by atoms with E-state index in [1.807, 2.05) is 49.3 Å². The first-order chi connectivity index (χ1) is 11.5. The number of hydrogen-bond acceptors (Lipinski definition) is 4. The molecule has 2 rings (SSSR count). The van der Waals surface area contributed by atoms with Gasteiger partial charge >= 0.3 is 0 Å². The molecular formula is C19H21N3O2. The van der Waals surface area contributed by atoms with Crippen LogP contribution in [0.25, 0.3) is 0 Å². The Morgan fingerprint density at radius 2 is 1.50 bits per heavy atom. The van der Waals surface area contributed by atoms with Crippen LogP contribution in [0.1, 0.15) is 27.6 Å². The number of amides is 1. The van der Waals surface area contributed by atoms with Crippen LogP contribution in [0.15, 0.2) is 66.4 Å². The van der Waals surface area contributed by atoms with E-state index in [0.29, 0.717) is 16.8 Å². The Kier molecular flexibility index (Phi) is 5.73. The molecule has 0 spiro atoms. The summed E-state index contributed by atoms with van der Waals surface area (Å²) < 4.78 is 0. The third kappa shape index (κ3) is 4.71. The zero-order chi connectivity index (χ0) is 17.5. The highest BCUT2D eigenvalue weighted by Gasteiger charge is 2.06. The number of rotatable bonds is 6. The maximum Gasteiger partial charge on any atom is 0.269 e. The summed E-state index contributed by atoms with van der Waals surface area (Å²) in [6.07, 6.45) is 1.45. The van der Waals surface area contributed by atoms with Crippen molar-refractivity contribution in [2.24, 2.45) is 0 Å². The molecule has 5 nitrogen and oxygen atoms in total. The van der Waals surface area contributed by atoms with Crippen molar-refractivity contribution in [3.63, 3.8) is 0 Å². The second kappa shape index (κ2) is 7.97. The number of allylic oxidation sites excluding steroid dienone is 2. The van der Waals surface area contributed by atoms with Gasteiger partial charge in [0.1, 0.15) is 0 Å². The number of nitrogens with zero attached hydrogens (tertiary/aromatic N) is 1. The first-order valence-electron chi connectivity index (χ1n) is 7.59. The van der Waals surface area contributed by atoms with E-state index in [-0.39, 0.29) is 11.7 Å². The van der Waals surface area contributed by atoms with E-state index < -0.39 is 0 Å². The molecular weight excluding hydrogens is 302 g/mol. The van der Waals surface area contributed by atoms with Crippen molar-refractivity contribution in [3.05, 3.63) is 77.5 Å². The second-order valence-electron chi connectivity index (χ2n) is 5.58. The normalized spacial score (nSPS) is 10.9. The lowest BCUT2D eigenvalue weighted by Crippen LogP contribution is -2.36. The topological polar surface area (TPSA) is 61.4 Å². The molecule has 2 N–H and O–H groups in total. The molecule has 0 saturated heterocycles. The largest absolute Gasteiger partial charge is 0.378 e. The Bertz CT molecular complexity index is 735. The summed E-state index contributed by atoms with van der Waals surface area (Å²) in [7, 11) is 3.88. The molecule has 0 fully saturated rings. The molecule has 0 aliphatic rings. The summed E-state index contributed by atoms with van der Waals surface area (Å²) in [6, 6.07) is 16.2. The second-order valence-corrected chi connectivity index (χ2v) is 5.58. The fraction of sp³-hybridized carbons (Fsp3) is 0.158. The highest BCUT2D eigenvalue weighted by atomic mass is 16.2. The van der Waals surface area contributed by atoms with Crippen molar-refractivity contribution in [3.8, 4) is 0 Å². The van der Waals surface area contributed by atoms with Crippen LogP contribution < -0.4 is 15.8 Å². The van der Waals surface area contributed by atoms with Gasteiger partial charge in [-0.25, -0.2) is 0 Å². The van der Waals surface area contributed by atoms with Crippen LogP contribution in [0.5, 0.6) is 0 Å². The molecule has 2 aromatic rings. The van der Waals surface area contributed by atoms with Crippen molar-refractivity contribution in [1.29, 1.82) is 0 Å². The Morgan fingerprint density at radius 1 is 0.875 bits per heavy atom. The minimum atomic E-state index is -0.264. The summed E-state index contributed by atoms with van der Waals surface area (Å²) in [5.41, 5.74) is 8.04. The molecule has 24 heavy (non-hydrogen) atoms. The number of benzene rings is 2. The first-order valence-corrected chi connectivity index (χ1v) is 7.59. The molecule has 0 saturated carbocycles. The zero-order valence-electron chi connectivity index (χ0n) is 14.0. The van der Waals surface area contributed by atoms with Gasteiger partial charge < -0.3 is 10.3 Å². The molecule has 0 unspecified atom stereocenters. The van der Waals surface area contributed by atoms with E-state index in [2.05, 4.69) is 10.9 Å². The van der Waals surface area contributed by atoms with Gasteiger partial charge in [-0.15, -0.1) is 0 Å². The quantitative estimate of drug-likeness (QED) is 0.487. The number of hydrazine groups is 1. The van der Waals surface area contributed by atoms with Crippen molar-refractivity contribution >= 4 is 17.4 Å². The Balaban J connectivity index is 1.93. The maximum atomic E-state index is 12.1. The molecule has 5 heteroatoms. The minimum absolute atomic E-state index is 0.120.